The lowest BCUT2D eigenvalue weighted by molar-refractivity contribution is -0.143. The number of hydrogen-bond acceptors (Lipinski definition) is 8. The van der Waals surface area contributed by atoms with Crippen LogP contribution in [0.5, 0.6) is 0 Å². The molecule has 4 amide bonds. The molecule has 0 radical (unpaired) electrons. The van der Waals surface area contributed by atoms with Crippen LogP contribution < -0.4 is 27.4 Å². The van der Waals surface area contributed by atoms with Crippen molar-refractivity contribution in [3.8, 4) is 0 Å². The molecule has 0 saturated heterocycles. The number of carboxylic acids is 2. The lowest BCUT2D eigenvalue weighted by Crippen LogP contribution is -2.58. The molecule has 0 aliphatic heterocycles. The molecule has 1 rings (SSSR count). The van der Waals surface area contributed by atoms with E-state index in [1.807, 2.05) is 13.8 Å². The van der Waals surface area contributed by atoms with Crippen LogP contribution in [0.15, 0.2) is 12.5 Å². The van der Waals surface area contributed by atoms with Crippen molar-refractivity contribution >= 4 is 35.6 Å². The van der Waals surface area contributed by atoms with E-state index in [9.17, 15) is 39.0 Å². The minimum atomic E-state index is -1.68. The summed E-state index contributed by atoms with van der Waals surface area (Å²) < 4.78 is 0. The molecule has 0 fully saturated rings. The van der Waals surface area contributed by atoms with E-state index in [1.54, 1.807) is 0 Å². The van der Waals surface area contributed by atoms with Gasteiger partial charge in [0.2, 0.25) is 23.6 Å². The molecule has 0 aromatic carbocycles. The molecule has 1 aromatic rings. The molecule has 1 heterocycles. The summed E-state index contributed by atoms with van der Waals surface area (Å²) >= 11 is 0. The summed E-state index contributed by atoms with van der Waals surface area (Å²) in [4.78, 5) is 78.6. The predicted octanol–water partition coefficient (Wildman–Crippen LogP) is -2.40. The van der Waals surface area contributed by atoms with Crippen molar-refractivity contribution in [2.45, 2.75) is 70.1 Å². The van der Waals surface area contributed by atoms with E-state index in [1.165, 1.54) is 12.5 Å². The molecule has 1 aromatic heterocycles. The number of aromatic amines is 1. The van der Waals surface area contributed by atoms with Gasteiger partial charge in [-0.1, -0.05) is 13.8 Å². The van der Waals surface area contributed by atoms with Crippen molar-refractivity contribution in [1.29, 1.82) is 0 Å². The minimum Gasteiger partial charge on any atom is -0.481 e. The van der Waals surface area contributed by atoms with Crippen molar-refractivity contribution in [1.82, 2.24) is 25.9 Å². The van der Waals surface area contributed by atoms with E-state index in [0.717, 1.165) is 0 Å². The van der Waals surface area contributed by atoms with Crippen molar-refractivity contribution in [2.75, 3.05) is 0 Å². The van der Waals surface area contributed by atoms with Crippen LogP contribution in [0.4, 0.5) is 0 Å². The van der Waals surface area contributed by atoms with Crippen LogP contribution in [-0.4, -0.2) is 79.9 Å². The zero-order chi connectivity index (χ0) is 27.4. The lowest BCUT2D eigenvalue weighted by Gasteiger charge is -2.24. The number of imidazole rings is 1. The van der Waals surface area contributed by atoms with Gasteiger partial charge in [-0.05, 0) is 18.8 Å². The zero-order valence-electron chi connectivity index (χ0n) is 20.0. The molecule has 0 aliphatic rings. The second-order valence-electron chi connectivity index (χ2n) is 8.64. The first kappa shape index (κ1) is 30.0. The van der Waals surface area contributed by atoms with Gasteiger partial charge in [0.15, 0.2) is 0 Å². The molecule has 0 spiro atoms. The largest absolute Gasteiger partial charge is 0.481 e. The number of carbonyl (C=O) groups is 6. The van der Waals surface area contributed by atoms with Gasteiger partial charge in [-0.25, -0.2) is 9.78 Å². The molecule has 10 N–H and O–H groups in total. The van der Waals surface area contributed by atoms with Crippen molar-refractivity contribution in [3.63, 3.8) is 0 Å². The first-order valence-corrected chi connectivity index (χ1v) is 11.2. The number of rotatable bonds is 16. The zero-order valence-corrected chi connectivity index (χ0v) is 20.0. The summed E-state index contributed by atoms with van der Waals surface area (Å²) in [5, 5.41) is 25.3. The molecule has 0 saturated carbocycles. The number of aliphatic carboxylic acids is 2. The fourth-order valence-corrected chi connectivity index (χ4v) is 3.19. The molecule has 200 valence electrons. The quantitative estimate of drug-likeness (QED) is 0.117. The summed E-state index contributed by atoms with van der Waals surface area (Å²) in [7, 11) is 0. The highest BCUT2D eigenvalue weighted by Gasteiger charge is 2.32. The van der Waals surface area contributed by atoms with Gasteiger partial charge >= 0.3 is 11.9 Å². The third-order valence-corrected chi connectivity index (χ3v) is 4.98. The fraction of sp³-hybridized carbons (Fsp3) is 0.571. The Kier molecular flexibility index (Phi) is 12.0. The fourth-order valence-electron chi connectivity index (χ4n) is 3.19. The smallest absolute Gasteiger partial charge is 0.326 e. The maximum Gasteiger partial charge on any atom is 0.326 e. The Morgan fingerprint density at radius 1 is 0.972 bits per heavy atom. The normalized spacial score (nSPS) is 14.2. The number of aromatic nitrogens is 2. The average Bonchev–Trinajstić information content (AvgIpc) is 3.27. The number of hydrogen-bond donors (Lipinski definition) is 8. The molecular formula is C21H33N7O8. The molecule has 4 unspecified atom stereocenters. The summed E-state index contributed by atoms with van der Waals surface area (Å²) in [6, 6.07) is -5.41. The highest BCUT2D eigenvalue weighted by molar-refractivity contribution is 5.95. The van der Waals surface area contributed by atoms with Gasteiger partial charge in [0.05, 0.1) is 18.8 Å². The van der Waals surface area contributed by atoms with E-state index in [4.69, 9.17) is 11.5 Å². The van der Waals surface area contributed by atoms with Crippen LogP contribution in [0, 0.1) is 5.92 Å². The second kappa shape index (κ2) is 14.4. The topological polar surface area (TPSA) is 260 Å². The Hall–Kier alpha value is -4.01. The number of amides is 4. The Labute approximate surface area is 206 Å². The first-order chi connectivity index (χ1) is 16.8. The summed E-state index contributed by atoms with van der Waals surface area (Å²) in [5.74, 6) is -6.25. The van der Waals surface area contributed by atoms with Crippen molar-refractivity contribution in [3.05, 3.63) is 18.2 Å². The molecule has 15 nitrogen and oxygen atoms in total. The number of nitrogens with one attached hydrogen (secondary N) is 4. The van der Waals surface area contributed by atoms with E-state index in [2.05, 4.69) is 25.9 Å². The molecule has 36 heavy (non-hydrogen) atoms. The van der Waals surface area contributed by atoms with Crippen LogP contribution in [-0.2, 0) is 35.2 Å². The first-order valence-electron chi connectivity index (χ1n) is 11.2. The van der Waals surface area contributed by atoms with Crippen LogP contribution >= 0.6 is 0 Å². The van der Waals surface area contributed by atoms with E-state index in [0.29, 0.717) is 12.1 Å². The van der Waals surface area contributed by atoms with Gasteiger partial charge in [-0.3, -0.25) is 24.0 Å². The molecule has 0 aliphatic carbocycles. The van der Waals surface area contributed by atoms with E-state index >= 15 is 0 Å². The number of nitrogens with zero attached hydrogens (tertiary/aromatic N) is 1. The Balaban J connectivity index is 3.05. The highest BCUT2D eigenvalue weighted by atomic mass is 16.4. The standard InChI is InChI=1S/C21H33N7O8/c1-10(2)5-12(22)18(32)27-14(6-11-8-24-9-25-11)19(33)28-15(7-17(30)31)20(34)26-13(21(35)36)3-4-16(23)29/h8-10,12-15H,3-7,22H2,1-2H3,(H2,23,29)(H,24,25)(H,26,34)(H,27,32)(H,28,33)(H,30,31)(H,35,36). The molecule has 4 atom stereocenters. The molecular weight excluding hydrogens is 478 g/mol. The number of carboxylic acid groups (broad SMARTS) is 2. The van der Waals surface area contributed by atoms with Gasteiger partial charge < -0.3 is 42.6 Å². The van der Waals surface area contributed by atoms with Gasteiger partial charge in [-0.15, -0.1) is 0 Å². The Morgan fingerprint density at radius 2 is 1.56 bits per heavy atom. The van der Waals surface area contributed by atoms with Gasteiger partial charge in [0.25, 0.3) is 0 Å². The molecule has 15 heteroatoms. The van der Waals surface area contributed by atoms with Gasteiger partial charge in [-0.2, -0.15) is 0 Å². The Morgan fingerprint density at radius 3 is 2.06 bits per heavy atom. The minimum absolute atomic E-state index is 0.0796. The van der Waals surface area contributed by atoms with Crippen molar-refractivity contribution < 1.29 is 39.0 Å². The number of carbonyl (C=O) groups excluding carboxylic acids is 4. The van der Waals surface area contributed by atoms with Gasteiger partial charge in [0.1, 0.15) is 18.1 Å². The summed E-state index contributed by atoms with van der Waals surface area (Å²) in [6.45, 7) is 3.73. The van der Waals surface area contributed by atoms with E-state index < -0.39 is 66.2 Å². The number of nitrogens with two attached hydrogens (primary N) is 2. The monoisotopic (exact) mass is 511 g/mol. The average molecular weight is 512 g/mol. The maximum absolute atomic E-state index is 13.0. The summed E-state index contributed by atoms with van der Waals surface area (Å²) in [5.41, 5.74) is 11.4. The van der Waals surface area contributed by atoms with Crippen molar-refractivity contribution in [2.24, 2.45) is 17.4 Å². The lowest BCUT2D eigenvalue weighted by atomic mass is 10.0. The van der Waals surface area contributed by atoms with Gasteiger partial charge in [0, 0.05) is 24.7 Å². The van der Waals surface area contributed by atoms with Crippen LogP contribution in [0.2, 0.25) is 0 Å². The highest BCUT2D eigenvalue weighted by Crippen LogP contribution is 2.06. The third kappa shape index (κ3) is 10.9. The number of primary amides is 1. The van der Waals surface area contributed by atoms with Crippen LogP contribution in [0.25, 0.3) is 0 Å². The second-order valence-corrected chi connectivity index (χ2v) is 8.64. The van der Waals surface area contributed by atoms with E-state index in [-0.39, 0.29) is 25.2 Å². The third-order valence-electron chi connectivity index (χ3n) is 4.98. The summed E-state index contributed by atoms with van der Waals surface area (Å²) in [6.07, 6.45) is 1.48. The van der Waals surface area contributed by atoms with Crippen LogP contribution in [0.3, 0.4) is 0 Å². The predicted molar refractivity (Wildman–Crippen MR) is 124 cm³/mol. The maximum atomic E-state index is 13.0. The Bertz CT molecular complexity index is 935. The SMILES string of the molecule is CC(C)CC(N)C(=O)NC(Cc1cnc[nH]1)C(=O)NC(CC(=O)O)C(=O)NC(CCC(N)=O)C(=O)O. The molecule has 0 bridgehead atoms. The van der Waals surface area contributed by atoms with Crippen LogP contribution in [0.1, 0.15) is 45.2 Å². The number of H-pyrrole nitrogens is 1.